The van der Waals surface area contributed by atoms with E-state index < -0.39 is 10.4 Å². The third-order valence-electron chi connectivity index (χ3n) is 3.21. The van der Waals surface area contributed by atoms with Gasteiger partial charge < -0.3 is 9.11 Å². The first-order valence-electron chi connectivity index (χ1n) is 8.08. The Morgan fingerprint density at radius 3 is 0.857 bits per heavy atom. The smallest absolute Gasteiger partial charge is 0.759 e. The van der Waals surface area contributed by atoms with E-state index in [9.17, 15) is 0 Å². The first-order chi connectivity index (χ1) is 9.41. The van der Waals surface area contributed by atoms with Crippen molar-refractivity contribution in [2.45, 2.75) is 97.3 Å². The maximum absolute atomic E-state index is 8.52. The molecule has 0 unspecified atom stereocenters. The van der Waals surface area contributed by atoms with Gasteiger partial charge in [0.1, 0.15) is 0 Å². The molecule has 0 radical (unpaired) electrons. The van der Waals surface area contributed by atoms with Crippen LogP contribution in [0.2, 0.25) is 0 Å². The normalized spacial score (nSPS) is 10.5. The zero-order valence-corrected chi connectivity index (χ0v) is 17.1. The van der Waals surface area contributed by atoms with Crippen molar-refractivity contribution in [1.82, 2.24) is 0 Å². The summed E-state index contributed by atoms with van der Waals surface area (Å²) in [6.45, 7) is 4.58. The molecular weight excluding hydrogens is 299 g/mol. The van der Waals surface area contributed by atoms with Crippen molar-refractivity contribution in [2.75, 3.05) is 0 Å². The monoisotopic (exact) mass is 331 g/mol. The van der Waals surface area contributed by atoms with E-state index in [1.54, 1.807) is 0 Å². The van der Waals surface area contributed by atoms with Gasteiger partial charge in [-0.3, -0.25) is 8.42 Å². The van der Waals surface area contributed by atoms with Gasteiger partial charge in [0.05, 0.1) is 0 Å². The van der Waals surface area contributed by atoms with Crippen molar-refractivity contribution in [2.24, 2.45) is 0 Å². The molecule has 21 heavy (non-hydrogen) atoms. The van der Waals surface area contributed by atoms with Crippen LogP contribution in [0.5, 0.6) is 0 Å². The predicted octanol–water partition coefficient (Wildman–Crippen LogP) is 1.76. The molecule has 0 saturated carbocycles. The fraction of sp³-hybridized carbons (Fsp3) is 1.00. The van der Waals surface area contributed by atoms with Gasteiger partial charge in [0.2, 0.25) is 0 Å². The Morgan fingerprint density at radius 2 is 0.714 bits per heavy atom. The van der Waals surface area contributed by atoms with Crippen LogP contribution in [0.3, 0.4) is 0 Å². The van der Waals surface area contributed by atoms with Gasteiger partial charge in [-0.05, 0) is 0 Å². The summed E-state index contributed by atoms with van der Waals surface area (Å²) in [4.78, 5) is 0. The average molecular weight is 331 g/mol. The average Bonchev–Trinajstić information content (AvgIpc) is 2.34. The van der Waals surface area contributed by atoms with Crippen LogP contribution in [0.4, 0.5) is 0 Å². The molecule has 0 aliphatic heterocycles. The molecule has 0 aromatic rings. The molecule has 0 atom stereocenters. The minimum Gasteiger partial charge on any atom is -0.759 e. The molecule has 124 valence electrons. The molecule has 0 aromatic heterocycles. The number of unbranched alkanes of at least 4 members (excludes halogenated alkanes) is 12. The largest absolute Gasteiger partial charge is 1.00 e. The maximum Gasteiger partial charge on any atom is 1.00 e. The molecule has 4 nitrogen and oxygen atoms in total. The van der Waals surface area contributed by atoms with Gasteiger partial charge in [0, 0.05) is 10.4 Å². The summed E-state index contributed by atoms with van der Waals surface area (Å²) in [7, 11) is -5.17. The molecule has 0 amide bonds. The molecular formula is C15H32NaO4S-. The van der Waals surface area contributed by atoms with E-state index in [2.05, 4.69) is 13.8 Å². The van der Waals surface area contributed by atoms with Crippen LogP contribution < -0.4 is 29.6 Å². The Morgan fingerprint density at radius 1 is 0.571 bits per heavy atom. The van der Waals surface area contributed by atoms with E-state index in [0.717, 1.165) is 0 Å². The second-order valence-corrected chi connectivity index (χ2v) is 6.11. The van der Waals surface area contributed by atoms with Crippen molar-refractivity contribution >= 4 is 10.4 Å². The van der Waals surface area contributed by atoms with Gasteiger partial charge in [0.25, 0.3) is 0 Å². The van der Waals surface area contributed by atoms with Gasteiger partial charge in [-0.25, -0.2) is 0 Å². The zero-order valence-electron chi connectivity index (χ0n) is 14.2. The van der Waals surface area contributed by atoms with E-state index in [-0.39, 0.29) is 29.6 Å². The van der Waals surface area contributed by atoms with Gasteiger partial charge in [-0.1, -0.05) is 97.3 Å². The van der Waals surface area contributed by atoms with Crippen LogP contribution in [-0.2, 0) is 10.4 Å². The SMILES string of the molecule is CCCCCCCCCCCCCCC.O=S(=O)([O-])[O-].[Na+]. The molecule has 0 aromatic carbocycles. The number of hydrogen-bond acceptors (Lipinski definition) is 4. The Hall–Kier alpha value is 0.870. The first-order valence-corrected chi connectivity index (χ1v) is 9.41. The Bertz CT molecular complexity index is 249. The second-order valence-electron chi connectivity index (χ2n) is 5.30. The first kappa shape index (κ1) is 26.8. The summed E-state index contributed by atoms with van der Waals surface area (Å²) in [5, 5.41) is 0. The molecule has 0 aliphatic rings. The number of hydrogen-bond donors (Lipinski definition) is 0. The van der Waals surface area contributed by atoms with Crippen LogP contribution in [0.25, 0.3) is 0 Å². The van der Waals surface area contributed by atoms with Crippen LogP contribution in [0.15, 0.2) is 0 Å². The summed E-state index contributed by atoms with van der Waals surface area (Å²) in [5.41, 5.74) is 0. The van der Waals surface area contributed by atoms with Gasteiger partial charge >= 0.3 is 29.6 Å². The van der Waals surface area contributed by atoms with Gasteiger partial charge in [-0.15, -0.1) is 0 Å². The van der Waals surface area contributed by atoms with E-state index in [4.69, 9.17) is 17.5 Å². The van der Waals surface area contributed by atoms with Crippen LogP contribution in [0, 0.1) is 0 Å². The topological polar surface area (TPSA) is 80.3 Å². The summed E-state index contributed by atoms with van der Waals surface area (Å²) in [5.74, 6) is 0. The fourth-order valence-corrected chi connectivity index (χ4v) is 2.09. The molecule has 0 N–H and O–H groups in total. The van der Waals surface area contributed by atoms with E-state index in [1.807, 2.05) is 0 Å². The predicted molar refractivity (Wildman–Crippen MR) is 81.8 cm³/mol. The van der Waals surface area contributed by atoms with Crippen molar-refractivity contribution in [3.63, 3.8) is 0 Å². The molecule has 0 fully saturated rings. The van der Waals surface area contributed by atoms with Crippen molar-refractivity contribution < 1.29 is 47.1 Å². The van der Waals surface area contributed by atoms with E-state index in [0.29, 0.717) is 0 Å². The Labute approximate surface area is 154 Å². The third kappa shape index (κ3) is 44.9. The molecule has 6 heteroatoms. The summed E-state index contributed by atoms with van der Waals surface area (Å²) in [6, 6.07) is 0. The third-order valence-corrected chi connectivity index (χ3v) is 3.21. The van der Waals surface area contributed by atoms with Gasteiger partial charge in [0.15, 0.2) is 0 Å². The molecule has 0 aliphatic carbocycles. The van der Waals surface area contributed by atoms with Crippen molar-refractivity contribution in [3.05, 3.63) is 0 Å². The molecule has 0 rings (SSSR count). The molecule has 0 bridgehead atoms. The second kappa shape index (κ2) is 20.9. The van der Waals surface area contributed by atoms with E-state index in [1.165, 1.54) is 83.5 Å². The van der Waals surface area contributed by atoms with Crippen molar-refractivity contribution in [3.8, 4) is 0 Å². The quantitative estimate of drug-likeness (QED) is 0.236. The van der Waals surface area contributed by atoms with Crippen LogP contribution in [0.1, 0.15) is 97.3 Å². The minimum absolute atomic E-state index is 0. The summed E-state index contributed by atoms with van der Waals surface area (Å²) in [6.07, 6.45) is 18.9. The zero-order chi connectivity index (χ0) is 15.7. The standard InChI is InChI=1S/C15H32.Na.H2O4S/c1-3-5-7-9-11-13-15-14-12-10-8-6-4-2;;1-5(2,3)4/h3-15H2,1-2H3;;(H2,1,2,3,4)/q;+1;/p-2. The molecule has 0 heterocycles. The molecule has 0 saturated heterocycles. The van der Waals surface area contributed by atoms with Crippen LogP contribution >= 0.6 is 0 Å². The molecule has 0 spiro atoms. The fourth-order valence-electron chi connectivity index (χ4n) is 2.09. The summed E-state index contributed by atoms with van der Waals surface area (Å²) >= 11 is 0. The Balaban J connectivity index is -0.000000465. The Kier molecular flexibility index (Phi) is 26.6. The van der Waals surface area contributed by atoms with Gasteiger partial charge in [-0.2, -0.15) is 0 Å². The van der Waals surface area contributed by atoms with Crippen LogP contribution in [-0.4, -0.2) is 17.5 Å². The van der Waals surface area contributed by atoms with E-state index >= 15 is 0 Å². The maximum atomic E-state index is 8.52. The van der Waals surface area contributed by atoms with Crippen molar-refractivity contribution in [1.29, 1.82) is 0 Å². The minimum atomic E-state index is -5.17. The number of rotatable bonds is 12. The summed E-state index contributed by atoms with van der Waals surface area (Å²) < 4.78 is 34.1.